The highest BCUT2D eigenvalue weighted by Gasteiger charge is 2.35. The molecule has 1 atom stereocenters. The van der Waals surface area contributed by atoms with Gasteiger partial charge in [0.2, 0.25) is 15.9 Å². The van der Waals surface area contributed by atoms with Crippen LogP contribution in [0.25, 0.3) is 0 Å². The number of carbonyl (C=O) groups is 1. The second-order valence-electron chi connectivity index (χ2n) is 6.29. The van der Waals surface area contributed by atoms with Crippen molar-refractivity contribution in [3.05, 3.63) is 47.4 Å². The highest BCUT2D eigenvalue weighted by Crippen LogP contribution is 2.31. The van der Waals surface area contributed by atoms with E-state index in [1.165, 1.54) is 29.8 Å². The van der Waals surface area contributed by atoms with Crippen LogP contribution in [0.4, 0.5) is 0 Å². The van der Waals surface area contributed by atoms with Crippen molar-refractivity contribution in [3.8, 4) is 5.75 Å². The molecule has 1 saturated heterocycles. The van der Waals surface area contributed by atoms with Crippen LogP contribution in [0.2, 0.25) is 5.02 Å². The van der Waals surface area contributed by atoms with E-state index in [9.17, 15) is 13.2 Å². The number of hydrogen-bond donors (Lipinski definition) is 1. The van der Waals surface area contributed by atoms with Gasteiger partial charge in [0.25, 0.3) is 0 Å². The molecule has 0 radical (unpaired) electrons. The third-order valence-corrected chi connectivity index (χ3v) is 6.64. The molecule has 0 spiro atoms. The van der Waals surface area contributed by atoms with Crippen molar-refractivity contribution in [2.24, 2.45) is 5.92 Å². The Labute approximate surface area is 163 Å². The molecular formula is C18H21ClN2O5S. The first kappa shape index (κ1) is 19.7. The number of furan rings is 1. The Morgan fingerprint density at radius 3 is 2.93 bits per heavy atom. The fourth-order valence-corrected chi connectivity index (χ4v) is 5.04. The molecule has 9 heteroatoms. The summed E-state index contributed by atoms with van der Waals surface area (Å²) in [5.74, 6) is 0.258. The summed E-state index contributed by atoms with van der Waals surface area (Å²) < 4.78 is 37.8. The van der Waals surface area contributed by atoms with Crippen LogP contribution < -0.4 is 10.1 Å². The molecule has 0 unspecified atom stereocenters. The summed E-state index contributed by atoms with van der Waals surface area (Å²) >= 11 is 5.98. The second-order valence-corrected chi connectivity index (χ2v) is 8.64. The molecule has 1 fully saturated rings. The number of benzene rings is 1. The Morgan fingerprint density at radius 2 is 2.22 bits per heavy atom. The van der Waals surface area contributed by atoms with Crippen molar-refractivity contribution in [1.29, 1.82) is 0 Å². The molecule has 0 saturated carbocycles. The summed E-state index contributed by atoms with van der Waals surface area (Å²) in [6.07, 6.45) is 2.76. The number of nitrogens with one attached hydrogen (secondary N) is 1. The first-order valence-corrected chi connectivity index (χ1v) is 10.4. The van der Waals surface area contributed by atoms with Crippen LogP contribution in [0, 0.1) is 5.92 Å². The van der Waals surface area contributed by atoms with E-state index in [1.807, 2.05) is 0 Å². The average Bonchev–Trinajstić information content (AvgIpc) is 3.19. The second kappa shape index (κ2) is 8.33. The molecule has 146 valence electrons. The highest BCUT2D eigenvalue weighted by atomic mass is 35.5. The number of hydrogen-bond acceptors (Lipinski definition) is 5. The van der Waals surface area contributed by atoms with Gasteiger partial charge in [-0.25, -0.2) is 8.42 Å². The maximum absolute atomic E-state index is 13.1. The van der Waals surface area contributed by atoms with Crippen molar-refractivity contribution < 1.29 is 22.4 Å². The third kappa shape index (κ3) is 4.45. The van der Waals surface area contributed by atoms with Crippen LogP contribution in [0.5, 0.6) is 5.75 Å². The molecule has 2 heterocycles. The van der Waals surface area contributed by atoms with Crippen molar-refractivity contribution in [2.75, 3.05) is 20.2 Å². The van der Waals surface area contributed by atoms with Crippen LogP contribution in [0.3, 0.4) is 0 Å². The van der Waals surface area contributed by atoms with Gasteiger partial charge in [0.15, 0.2) is 0 Å². The lowest BCUT2D eigenvalue weighted by atomic mass is 9.99. The van der Waals surface area contributed by atoms with E-state index in [2.05, 4.69) is 5.32 Å². The van der Waals surface area contributed by atoms with Gasteiger partial charge in [0, 0.05) is 18.1 Å². The summed E-state index contributed by atoms with van der Waals surface area (Å²) in [7, 11) is -2.42. The number of ether oxygens (including phenoxy) is 1. The van der Waals surface area contributed by atoms with E-state index >= 15 is 0 Å². The summed E-state index contributed by atoms with van der Waals surface area (Å²) in [6.45, 7) is 0.735. The largest absolute Gasteiger partial charge is 0.495 e. The van der Waals surface area contributed by atoms with E-state index < -0.39 is 15.9 Å². The number of sulfonamides is 1. The zero-order chi connectivity index (χ0) is 19.4. The van der Waals surface area contributed by atoms with Crippen molar-refractivity contribution >= 4 is 27.5 Å². The maximum atomic E-state index is 13.1. The lowest BCUT2D eigenvalue weighted by Crippen LogP contribution is -2.45. The predicted octanol–water partition coefficient (Wildman–Crippen LogP) is 2.66. The van der Waals surface area contributed by atoms with Crippen molar-refractivity contribution in [2.45, 2.75) is 24.3 Å². The minimum atomic E-state index is -3.83. The smallest absolute Gasteiger partial charge is 0.246 e. The van der Waals surface area contributed by atoms with E-state index in [0.717, 1.165) is 0 Å². The molecule has 1 aliphatic rings. The molecule has 2 aromatic rings. The number of piperidine rings is 1. The Morgan fingerprint density at radius 1 is 1.41 bits per heavy atom. The number of halogens is 1. The summed E-state index contributed by atoms with van der Waals surface area (Å²) in [5, 5.41) is 3.10. The third-order valence-electron chi connectivity index (χ3n) is 4.52. The number of methoxy groups -OCH3 is 1. The van der Waals surface area contributed by atoms with E-state index in [0.29, 0.717) is 30.2 Å². The van der Waals surface area contributed by atoms with Gasteiger partial charge in [-0.3, -0.25) is 4.79 Å². The average molecular weight is 413 g/mol. The molecular weight excluding hydrogens is 392 g/mol. The van der Waals surface area contributed by atoms with Gasteiger partial charge in [0.05, 0.1) is 25.8 Å². The molecule has 1 aromatic heterocycles. The van der Waals surface area contributed by atoms with Crippen LogP contribution in [0.15, 0.2) is 45.9 Å². The van der Waals surface area contributed by atoms with Crippen LogP contribution in [0.1, 0.15) is 18.6 Å². The SMILES string of the molecule is COc1ccc(Cl)cc1S(=O)(=O)N1CCC[C@@H](C(=O)NCc2ccco2)C1. The quantitative estimate of drug-likeness (QED) is 0.787. The molecule has 7 nitrogen and oxygen atoms in total. The Hall–Kier alpha value is -2.03. The summed E-state index contributed by atoms with van der Waals surface area (Å²) in [5.41, 5.74) is 0. The van der Waals surface area contributed by atoms with Crippen molar-refractivity contribution in [1.82, 2.24) is 9.62 Å². The van der Waals surface area contributed by atoms with E-state index in [1.54, 1.807) is 18.2 Å². The molecule has 0 bridgehead atoms. The Bertz CT molecular complexity index is 898. The van der Waals surface area contributed by atoms with Gasteiger partial charge < -0.3 is 14.5 Å². The molecule has 1 aliphatic heterocycles. The van der Waals surface area contributed by atoms with Crippen LogP contribution in [-0.4, -0.2) is 38.8 Å². The van der Waals surface area contributed by atoms with Gasteiger partial charge >= 0.3 is 0 Å². The molecule has 27 heavy (non-hydrogen) atoms. The fourth-order valence-electron chi connectivity index (χ4n) is 3.10. The minimum absolute atomic E-state index is 0.00847. The number of carbonyl (C=O) groups excluding carboxylic acids is 1. The van der Waals surface area contributed by atoms with Gasteiger partial charge in [-0.15, -0.1) is 0 Å². The minimum Gasteiger partial charge on any atom is -0.495 e. The predicted molar refractivity (Wildman–Crippen MR) is 100 cm³/mol. The van der Waals surface area contributed by atoms with Crippen LogP contribution >= 0.6 is 11.6 Å². The lowest BCUT2D eigenvalue weighted by molar-refractivity contribution is -0.126. The lowest BCUT2D eigenvalue weighted by Gasteiger charge is -2.31. The first-order chi connectivity index (χ1) is 12.9. The molecule has 1 aromatic carbocycles. The zero-order valence-corrected chi connectivity index (χ0v) is 16.4. The summed E-state index contributed by atoms with van der Waals surface area (Å²) in [6, 6.07) is 7.97. The number of rotatable bonds is 6. The number of amides is 1. The van der Waals surface area contributed by atoms with Gasteiger partial charge in [0.1, 0.15) is 16.4 Å². The topological polar surface area (TPSA) is 88.9 Å². The van der Waals surface area contributed by atoms with E-state index in [4.69, 9.17) is 20.8 Å². The molecule has 1 amide bonds. The fraction of sp³-hybridized carbons (Fsp3) is 0.389. The maximum Gasteiger partial charge on any atom is 0.246 e. The Balaban J connectivity index is 1.73. The Kier molecular flexibility index (Phi) is 6.08. The van der Waals surface area contributed by atoms with Gasteiger partial charge in [-0.1, -0.05) is 11.6 Å². The van der Waals surface area contributed by atoms with Gasteiger partial charge in [-0.05, 0) is 43.2 Å². The van der Waals surface area contributed by atoms with E-state index in [-0.39, 0.29) is 29.6 Å². The standard InChI is InChI=1S/C18H21ClN2O5S/c1-25-16-7-6-14(19)10-17(16)27(23,24)21-8-2-4-13(12-21)18(22)20-11-15-5-3-9-26-15/h3,5-7,9-10,13H,2,4,8,11-12H2,1H3,(H,20,22)/t13-/m1/s1. The molecule has 0 aliphatic carbocycles. The normalized spacial score (nSPS) is 18.2. The monoisotopic (exact) mass is 412 g/mol. The molecule has 3 rings (SSSR count). The molecule has 1 N–H and O–H groups in total. The van der Waals surface area contributed by atoms with Crippen LogP contribution in [-0.2, 0) is 21.4 Å². The van der Waals surface area contributed by atoms with Crippen molar-refractivity contribution in [3.63, 3.8) is 0 Å². The first-order valence-electron chi connectivity index (χ1n) is 8.55. The zero-order valence-electron chi connectivity index (χ0n) is 14.9. The highest BCUT2D eigenvalue weighted by molar-refractivity contribution is 7.89. The summed E-state index contributed by atoms with van der Waals surface area (Å²) in [4.78, 5) is 12.5. The number of nitrogens with zero attached hydrogens (tertiary/aromatic N) is 1. The van der Waals surface area contributed by atoms with Gasteiger partial charge in [-0.2, -0.15) is 4.31 Å².